The highest BCUT2D eigenvalue weighted by Gasteiger charge is 2.16. The number of hydrogen-bond donors (Lipinski definition) is 1. The van der Waals surface area contributed by atoms with Crippen LogP contribution in [0.4, 0.5) is 11.4 Å². The molecule has 1 N–H and O–H groups in total. The Morgan fingerprint density at radius 1 is 1.15 bits per heavy atom. The second kappa shape index (κ2) is 10.3. The summed E-state index contributed by atoms with van der Waals surface area (Å²) in [5.74, 6) is -0.936. The van der Waals surface area contributed by atoms with Crippen LogP contribution in [0.3, 0.4) is 0 Å². The van der Waals surface area contributed by atoms with Crippen LogP contribution in [0.15, 0.2) is 59.6 Å². The second-order valence-corrected chi connectivity index (χ2v) is 8.05. The lowest BCUT2D eigenvalue weighted by Gasteiger charge is -2.27. The molecule has 4 aromatic rings. The van der Waals surface area contributed by atoms with Crippen molar-refractivity contribution in [2.75, 3.05) is 24.7 Å². The Kier molecular flexibility index (Phi) is 7.04. The topological polar surface area (TPSA) is 93.6 Å². The summed E-state index contributed by atoms with van der Waals surface area (Å²) in [7, 11) is 0. The number of unbranched alkanes of at least 4 members (excludes halogenated alkanes) is 2. The Morgan fingerprint density at radius 3 is 2.70 bits per heavy atom. The van der Waals surface area contributed by atoms with E-state index in [0.29, 0.717) is 6.61 Å². The van der Waals surface area contributed by atoms with E-state index in [1.807, 2.05) is 17.7 Å². The van der Waals surface area contributed by atoms with E-state index in [4.69, 9.17) is 14.4 Å². The quantitative estimate of drug-likeness (QED) is 0.321. The number of aryl methyl sites for hydroxylation is 2. The van der Waals surface area contributed by atoms with Crippen LogP contribution in [0.5, 0.6) is 0 Å². The van der Waals surface area contributed by atoms with Gasteiger partial charge in [0.25, 0.3) is 0 Å². The molecule has 0 spiro atoms. The first-order valence-electron chi connectivity index (χ1n) is 11.0. The van der Waals surface area contributed by atoms with E-state index in [-0.39, 0.29) is 6.61 Å². The molecule has 2 aromatic carbocycles. The lowest BCUT2D eigenvalue weighted by Crippen LogP contribution is -2.19. The molecular formula is C25H28N4O4. The highest BCUT2D eigenvalue weighted by Crippen LogP contribution is 2.33. The number of imidazole rings is 1. The van der Waals surface area contributed by atoms with E-state index >= 15 is 0 Å². The van der Waals surface area contributed by atoms with Gasteiger partial charge in [0.2, 0.25) is 0 Å². The highest BCUT2D eigenvalue weighted by atomic mass is 16.5. The zero-order chi connectivity index (χ0) is 23.2. The number of carbonyl (C=O) groups is 1. The molecule has 0 fully saturated rings. The van der Waals surface area contributed by atoms with Crippen molar-refractivity contribution in [3.05, 3.63) is 66.4 Å². The van der Waals surface area contributed by atoms with Crippen molar-refractivity contribution >= 4 is 28.3 Å². The molecule has 0 saturated heterocycles. The third kappa shape index (κ3) is 5.40. The fraction of sp³-hybridized carbons (Fsp3) is 0.320. The Bertz CT molecular complexity index is 1200. The van der Waals surface area contributed by atoms with Gasteiger partial charge < -0.3 is 23.8 Å². The summed E-state index contributed by atoms with van der Waals surface area (Å²) in [5.41, 5.74) is 6.02. The van der Waals surface area contributed by atoms with E-state index in [2.05, 4.69) is 58.4 Å². The molecule has 0 bridgehead atoms. The van der Waals surface area contributed by atoms with Crippen molar-refractivity contribution in [1.82, 2.24) is 14.7 Å². The zero-order valence-electron chi connectivity index (χ0n) is 18.9. The molecule has 4 rings (SSSR count). The molecule has 2 heterocycles. The summed E-state index contributed by atoms with van der Waals surface area (Å²) in [6, 6.07) is 12.6. The second-order valence-electron chi connectivity index (χ2n) is 8.05. The molecule has 0 aliphatic heterocycles. The number of rotatable bonds is 11. The minimum atomic E-state index is -0.936. The van der Waals surface area contributed by atoms with Gasteiger partial charge in [0.1, 0.15) is 6.61 Å². The number of aromatic nitrogens is 3. The van der Waals surface area contributed by atoms with Crippen LogP contribution in [-0.4, -0.2) is 45.5 Å². The van der Waals surface area contributed by atoms with Crippen LogP contribution in [0, 0.1) is 13.8 Å². The number of fused-ring (bicyclic) bond motifs is 1. The van der Waals surface area contributed by atoms with Gasteiger partial charge in [-0.05, 0) is 69.0 Å². The first-order valence-corrected chi connectivity index (χ1v) is 11.0. The Morgan fingerprint density at radius 2 is 1.97 bits per heavy atom. The van der Waals surface area contributed by atoms with E-state index in [1.165, 1.54) is 0 Å². The average molecular weight is 449 g/mol. The highest BCUT2D eigenvalue weighted by molar-refractivity contribution is 5.86. The zero-order valence-corrected chi connectivity index (χ0v) is 18.9. The molecule has 0 saturated carbocycles. The first-order chi connectivity index (χ1) is 16.0. The van der Waals surface area contributed by atoms with Crippen LogP contribution < -0.4 is 4.90 Å². The molecule has 0 aliphatic rings. The van der Waals surface area contributed by atoms with Gasteiger partial charge in [0.05, 0.1) is 12.0 Å². The predicted molar refractivity (Wildman–Crippen MR) is 126 cm³/mol. The lowest BCUT2D eigenvalue weighted by molar-refractivity contribution is -0.142. The van der Waals surface area contributed by atoms with Crippen LogP contribution in [0.25, 0.3) is 16.7 Å². The predicted octanol–water partition coefficient (Wildman–Crippen LogP) is 5.04. The van der Waals surface area contributed by atoms with Gasteiger partial charge in [-0.1, -0.05) is 5.16 Å². The number of carboxylic acids is 1. The number of hydrogen-bond acceptors (Lipinski definition) is 6. The standard InChI is InChI=1S/C25H28N4O4/c1-18-14-22-19(2)27-33-24(22)15-23(18)29(11-4-3-5-13-32-16-25(30)31)21-8-6-20(7-9-21)28-12-10-26-17-28/h6-10,12,14-15,17H,3-5,11,13,16H2,1-2H3,(H,30,31). The van der Waals surface area contributed by atoms with Crippen LogP contribution in [0.2, 0.25) is 0 Å². The van der Waals surface area contributed by atoms with Gasteiger partial charge in [0.15, 0.2) is 5.58 Å². The monoisotopic (exact) mass is 448 g/mol. The van der Waals surface area contributed by atoms with Crippen molar-refractivity contribution in [3.8, 4) is 5.69 Å². The Balaban J connectivity index is 1.53. The number of anilines is 2. The maximum Gasteiger partial charge on any atom is 0.329 e. The molecule has 0 unspecified atom stereocenters. The summed E-state index contributed by atoms with van der Waals surface area (Å²) in [4.78, 5) is 17.0. The van der Waals surface area contributed by atoms with Crippen LogP contribution in [0.1, 0.15) is 30.5 Å². The molecule has 0 radical (unpaired) electrons. The third-order valence-electron chi connectivity index (χ3n) is 5.62. The normalized spacial score (nSPS) is 11.2. The van der Waals surface area contributed by atoms with E-state index in [0.717, 1.165) is 65.1 Å². The van der Waals surface area contributed by atoms with Crippen molar-refractivity contribution in [2.45, 2.75) is 33.1 Å². The van der Waals surface area contributed by atoms with Crippen LogP contribution in [-0.2, 0) is 9.53 Å². The third-order valence-corrected chi connectivity index (χ3v) is 5.62. The van der Waals surface area contributed by atoms with Gasteiger partial charge >= 0.3 is 5.97 Å². The van der Waals surface area contributed by atoms with Crippen molar-refractivity contribution < 1.29 is 19.2 Å². The molecule has 0 amide bonds. The first kappa shape index (κ1) is 22.5. The smallest absolute Gasteiger partial charge is 0.329 e. The Labute approximate surface area is 192 Å². The fourth-order valence-electron chi connectivity index (χ4n) is 3.91. The van der Waals surface area contributed by atoms with Crippen LogP contribution >= 0.6 is 0 Å². The lowest BCUT2D eigenvalue weighted by atomic mass is 10.1. The van der Waals surface area contributed by atoms with E-state index in [9.17, 15) is 4.79 Å². The molecule has 0 aliphatic carbocycles. The summed E-state index contributed by atoms with van der Waals surface area (Å²) in [6.07, 6.45) is 8.16. The van der Waals surface area contributed by atoms with Crippen molar-refractivity contribution in [3.63, 3.8) is 0 Å². The van der Waals surface area contributed by atoms with Gasteiger partial charge in [-0.2, -0.15) is 0 Å². The number of ether oxygens (including phenoxy) is 1. The number of aliphatic carboxylic acids is 1. The molecule has 172 valence electrons. The summed E-state index contributed by atoms with van der Waals surface area (Å²) >= 11 is 0. The molecule has 8 heteroatoms. The van der Waals surface area contributed by atoms with Gasteiger partial charge in [-0.15, -0.1) is 0 Å². The van der Waals surface area contributed by atoms with Gasteiger partial charge in [0, 0.05) is 54.1 Å². The summed E-state index contributed by atoms with van der Waals surface area (Å²) in [6.45, 7) is 5.07. The maximum atomic E-state index is 10.6. The fourth-order valence-corrected chi connectivity index (χ4v) is 3.91. The van der Waals surface area contributed by atoms with E-state index < -0.39 is 5.97 Å². The maximum absolute atomic E-state index is 10.6. The van der Waals surface area contributed by atoms with Gasteiger partial charge in [-0.3, -0.25) is 0 Å². The average Bonchev–Trinajstić information content (AvgIpc) is 3.46. The molecular weight excluding hydrogens is 420 g/mol. The minimum absolute atomic E-state index is 0.245. The Hall–Kier alpha value is -3.65. The molecule has 8 nitrogen and oxygen atoms in total. The van der Waals surface area contributed by atoms with E-state index in [1.54, 1.807) is 12.5 Å². The minimum Gasteiger partial charge on any atom is -0.480 e. The number of nitrogens with zero attached hydrogens (tertiary/aromatic N) is 4. The summed E-state index contributed by atoms with van der Waals surface area (Å²) in [5, 5.41) is 13.8. The molecule has 2 aromatic heterocycles. The molecule has 33 heavy (non-hydrogen) atoms. The summed E-state index contributed by atoms with van der Waals surface area (Å²) < 4.78 is 12.7. The number of carboxylic acid groups (broad SMARTS) is 1. The van der Waals surface area contributed by atoms with Crippen molar-refractivity contribution in [2.24, 2.45) is 0 Å². The SMILES string of the molecule is Cc1cc2c(C)noc2cc1N(CCCCCOCC(=O)O)c1ccc(-n2ccnc2)cc1. The molecule has 0 atom stereocenters. The number of benzene rings is 2. The van der Waals surface area contributed by atoms with Crippen molar-refractivity contribution in [1.29, 1.82) is 0 Å². The van der Waals surface area contributed by atoms with Gasteiger partial charge in [-0.25, -0.2) is 9.78 Å². The largest absolute Gasteiger partial charge is 0.480 e.